The van der Waals surface area contributed by atoms with Crippen molar-refractivity contribution in [3.8, 4) is 0 Å². The van der Waals surface area contributed by atoms with Crippen LogP contribution in [-0.2, 0) is 0 Å². The zero-order chi connectivity index (χ0) is 17.1. The lowest BCUT2D eigenvalue weighted by molar-refractivity contribution is 0.168. The molecule has 1 atom stereocenters. The van der Waals surface area contributed by atoms with E-state index in [2.05, 4.69) is 32.6 Å². The summed E-state index contributed by atoms with van der Waals surface area (Å²) in [5, 5.41) is 0. The smallest absolute Gasteiger partial charge is 0.00952 e. The van der Waals surface area contributed by atoms with Crippen molar-refractivity contribution in [1.82, 2.24) is 4.90 Å². The number of unbranched alkanes of at least 4 members (excludes halogenated alkanes) is 6. The van der Waals surface area contributed by atoms with Gasteiger partial charge in [0.1, 0.15) is 0 Å². The molecule has 0 amide bonds. The second-order valence-electron chi connectivity index (χ2n) is 6.39. The van der Waals surface area contributed by atoms with Gasteiger partial charge in [0.15, 0.2) is 0 Å². The summed E-state index contributed by atoms with van der Waals surface area (Å²) in [5.74, 6) is 0. The Balaban J connectivity index is 0. The molecule has 0 aromatic rings. The second kappa shape index (κ2) is 21.0. The van der Waals surface area contributed by atoms with Crippen molar-refractivity contribution in [2.24, 2.45) is 0 Å². The highest BCUT2D eigenvalue weighted by atomic mass is 15.1. The molecule has 1 heteroatoms. The Morgan fingerprint density at radius 2 is 1.09 bits per heavy atom. The van der Waals surface area contributed by atoms with Crippen molar-refractivity contribution in [3.63, 3.8) is 0 Å². The molecule has 0 fully saturated rings. The largest absolute Gasteiger partial charge is 0.300 e. The van der Waals surface area contributed by atoms with E-state index in [9.17, 15) is 0 Å². The normalized spacial score (nSPS) is 12.1. The van der Waals surface area contributed by atoms with Crippen LogP contribution in [0.15, 0.2) is 0 Å². The third-order valence-electron chi connectivity index (χ3n) is 4.36. The van der Waals surface area contributed by atoms with Crippen LogP contribution < -0.4 is 0 Å². The van der Waals surface area contributed by atoms with E-state index < -0.39 is 0 Å². The quantitative estimate of drug-likeness (QED) is 0.284. The van der Waals surface area contributed by atoms with Crippen molar-refractivity contribution in [2.45, 2.75) is 125 Å². The van der Waals surface area contributed by atoms with Crippen molar-refractivity contribution in [1.29, 1.82) is 0 Å². The Hall–Kier alpha value is -0.0400. The van der Waals surface area contributed by atoms with Gasteiger partial charge in [-0.3, -0.25) is 0 Å². The van der Waals surface area contributed by atoms with Crippen molar-refractivity contribution in [3.05, 3.63) is 0 Å². The molecule has 0 aromatic heterocycles. The van der Waals surface area contributed by atoms with Gasteiger partial charge in [0.05, 0.1) is 0 Å². The van der Waals surface area contributed by atoms with E-state index in [0.717, 1.165) is 6.04 Å². The molecule has 0 saturated carbocycles. The Kier molecular flexibility index (Phi) is 23.1. The van der Waals surface area contributed by atoms with Crippen LogP contribution in [0.1, 0.15) is 119 Å². The molecule has 0 radical (unpaired) electrons. The average molecular weight is 314 g/mol. The Morgan fingerprint density at radius 1 is 0.545 bits per heavy atom. The molecule has 0 rings (SSSR count). The van der Waals surface area contributed by atoms with Gasteiger partial charge in [-0.2, -0.15) is 0 Å². The van der Waals surface area contributed by atoms with Crippen LogP contribution in [0.4, 0.5) is 0 Å². The second-order valence-corrected chi connectivity index (χ2v) is 6.39. The summed E-state index contributed by atoms with van der Waals surface area (Å²) in [6.07, 6.45) is 16.7. The van der Waals surface area contributed by atoms with Gasteiger partial charge in [0.25, 0.3) is 0 Å². The highest BCUT2D eigenvalue weighted by molar-refractivity contribution is 4.72. The van der Waals surface area contributed by atoms with E-state index in [0.29, 0.717) is 0 Å². The molecule has 0 aliphatic carbocycles. The van der Waals surface area contributed by atoms with Gasteiger partial charge < -0.3 is 4.90 Å². The lowest BCUT2D eigenvalue weighted by Gasteiger charge is -2.32. The topological polar surface area (TPSA) is 3.24 Å². The third-order valence-corrected chi connectivity index (χ3v) is 4.36. The summed E-state index contributed by atoms with van der Waals surface area (Å²) >= 11 is 0. The Labute approximate surface area is 143 Å². The molecule has 0 bridgehead atoms. The first kappa shape index (κ1) is 24.2. The molecular weight excluding hydrogens is 266 g/mol. The van der Waals surface area contributed by atoms with Crippen LogP contribution in [0.3, 0.4) is 0 Å². The van der Waals surface area contributed by atoms with E-state index in [4.69, 9.17) is 0 Å². The van der Waals surface area contributed by atoms with Gasteiger partial charge in [-0.05, 0) is 38.8 Å². The van der Waals surface area contributed by atoms with E-state index in [-0.39, 0.29) is 0 Å². The highest BCUT2D eigenvalue weighted by Crippen LogP contribution is 2.18. The fourth-order valence-electron chi connectivity index (χ4n) is 3.09. The van der Waals surface area contributed by atoms with Crippen LogP contribution in [0.25, 0.3) is 0 Å². The van der Waals surface area contributed by atoms with Gasteiger partial charge in [-0.15, -0.1) is 0 Å². The average Bonchev–Trinajstić information content (AvgIpc) is 2.56. The minimum Gasteiger partial charge on any atom is -0.300 e. The molecule has 22 heavy (non-hydrogen) atoms. The fourth-order valence-corrected chi connectivity index (χ4v) is 3.09. The first-order valence-corrected chi connectivity index (χ1v) is 10.5. The first-order valence-electron chi connectivity index (χ1n) is 10.5. The highest BCUT2D eigenvalue weighted by Gasteiger charge is 2.16. The van der Waals surface area contributed by atoms with Gasteiger partial charge in [0.2, 0.25) is 0 Å². The molecule has 0 spiro atoms. The summed E-state index contributed by atoms with van der Waals surface area (Å²) in [6, 6.07) is 0.864. The molecule has 0 aliphatic heterocycles. The number of hydrogen-bond acceptors (Lipinski definition) is 1. The van der Waals surface area contributed by atoms with Crippen LogP contribution in [-0.4, -0.2) is 24.0 Å². The van der Waals surface area contributed by atoms with Crippen LogP contribution in [0.2, 0.25) is 0 Å². The van der Waals surface area contributed by atoms with Gasteiger partial charge >= 0.3 is 0 Å². The molecule has 1 nitrogen and oxygen atoms in total. The zero-order valence-electron chi connectivity index (χ0n) is 16.9. The molecule has 0 aromatic carbocycles. The van der Waals surface area contributed by atoms with Crippen molar-refractivity contribution >= 4 is 0 Å². The van der Waals surface area contributed by atoms with Crippen LogP contribution in [0.5, 0.6) is 0 Å². The Bertz CT molecular complexity index is 179. The first-order chi connectivity index (χ1) is 10.8. The number of nitrogens with zero attached hydrogens (tertiary/aromatic N) is 1. The molecule has 136 valence electrons. The maximum Gasteiger partial charge on any atom is 0.00952 e. The van der Waals surface area contributed by atoms with E-state index >= 15 is 0 Å². The van der Waals surface area contributed by atoms with Gasteiger partial charge in [-0.1, -0.05) is 92.9 Å². The molecule has 0 heterocycles. The van der Waals surface area contributed by atoms with Crippen LogP contribution in [0, 0.1) is 0 Å². The van der Waals surface area contributed by atoms with Crippen molar-refractivity contribution in [2.75, 3.05) is 13.1 Å². The van der Waals surface area contributed by atoms with E-state index in [1.807, 2.05) is 13.8 Å². The predicted molar refractivity (Wildman–Crippen MR) is 105 cm³/mol. The maximum absolute atomic E-state index is 2.82. The SMILES string of the molecule is CC.CCCCCCC(CCCC)N(CCC)CCCCC. The minimum atomic E-state index is 0.864. The summed E-state index contributed by atoms with van der Waals surface area (Å²) in [5.41, 5.74) is 0. The summed E-state index contributed by atoms with van der Waals surface area (Å²) < 4.78 is 0. The molecule has 0 saturated heterocycles. The minimum absolute atomic E-state index is 0.864. The maximum atomic E-state index is 2.82. The Morgan fingerprint density at radius 3 is 1.64 bits per heavy atom. The van der Waals surface area contributed by atoms with E-state index in [1.165, 1.54) is 90.1 Å². The van der Waals surface area contributed by atoms with Gasteiger partial charge in [-0.25, -0.2) is 0 Å². The monoisotopic (exact) mass is 313 g/mol. The number of hydrogen-bond donors (Lipinski definition) is 0. The molecule has 0 aliphatic rings. The molecule has 1 unspecified atom stereocenters. The fraction of sp³-hybridized carbons (Fsp3) is 1.00. The van der Waals surface area contributed by atoms with Crippen molar-refractivity contribution < 1.29 is 0 Å². The van der Waals surface area contributed by atoms with Gasteiger partial charge in [0, 0.05) is 6.04 Å². The van der Waals surface area contributed by atoms with Crippen LogP contribution >= 0.6 is 0 Å². The lowest BCUT2D eigenvalue weighted by atomic mass is 10.00. The molecule has 0 N–H and O–H groups in total. The summed E-state index contributed by atoms with van der Waals surface area (Å²) in [7, 11) is 0. The summed E-state index contributed by atoms with van der Waals surface area (Å²) in [6.45, 7) is 15.9. The standard InChI is InChI=1S/C19H41N.C2H6/c1-5-9-12-13-16-19(15-11-7-3)20(17-8-4)18-14-10-6-2;1-2/h19H,5-18H2,1-4H3;1-2H3. The number of rotatable bonds is 15. The van der Waals surface area contributed by atoms with E-state index in [1.54, 1.807) is 0 Å². The predicted octanol–water partition coefficient (Wildman–Crippen LogP) is 7.44. The third kappa shape index (κ3) is 14.9. The molecular formula is C21H47N. The zero-order valence-corrected chi connectivity index (χ0v) is 16.9. The lowest BCUT2D eigenvalue weighted by Crippen LogP contribution is -2.36. The summed E-state index contributed by atoms with van der Waals surface area (Å²) in [4.78, 5) is 2.82.